The van der Waals surface area contributed by atoms with Crippen molar-refractivity contribution in [2.75, 3.05) is 5.43 Å². The van der Waals surface area contributed by atoms with Crippen molar-refractivity contribution < 1.29 is 0 Å². The third kappa shape index (κ3) is 3.05. The zero-order valence-corrected chi connectivity index (χ0v) is 9.88. The fourth-order valence-electron chi connectivity index (χ4n) is 1.70. The number of hydrazine groups is 1. The first-order chi connectivity index (χ1) is 8.81. The number of hydrogen-bond donors (Lipinski definition) is 3. The van der Waals surface area contributed by atoms with Gasteiger partial charge in [0.15, 0.2) is 0 Å². The third-order valence-electron chi connectivity index (χ3n) is 2.64. The van der Waals surface area contributed by atoms with Crippen LogP contribution in [0.1, 0.15) is 11.1 Å². The number of nitrogens with one attached hydrogen (secondary N) is 1. The number of benzene rings is 2. The van der Waals surface area contributed by atoms with Crippen molar-refractivity contribution in [1.82, 2.24) is 0 Å². The van der Waals surface area contributed by atoms with Crippen LogP contribution in [0.25, 0.3) is 0 Å². The molecule has 0 atom stereocenters. The van der Waals surface area contributed by atoms with E-state index in [1.165, 1.54) is 11.1 Å². The average molecular weight is 241 g/mol. The van der Waals surface area contributed by atoms with Crippen LogP contribution < -0.4 is 17.1 Å². The molecule has 18 heavy (non-hydrogen) atoms. The Kier molecular flexibility index (Phi) is 3.88. The lowest BCUT2D eigenvalue weighted by atomic mass is 10.0. The largest absolute Gasteiger partial charge is 0.324 e. The highest BCUT2D eigenvalue weighted by atomic mass is 15.3. The van der Waals surface area contributed by atoms with Crippen molar-refractivity contribution in [2.24, 2.45) is 22.0 Å². The quantitative estimate of drug-likeness (QED) is 0.436. The molecule has 5 nitrogen and oxygen atoms in total. The highest BCUT2D eigenvalue weighted by Crippen LogP contribution is 2.17. The molecule has 0 saturated heterocycles. The first kappa shape index (κ1) is 12.1. The minimum atomic E-state index is 0.754. The van der Waals surface area contributed by atoms with Gasteiger partial charge < -0.3 is 11.3 Å². The molecule has 92 valence electrons. The van der Waals surface area contributed by atoms with Crippen LogP contribution in [-0.2, 0) is 6.42 Å². The van der Waals surface area contributed by atoms with Crippen molar-refractivity contribution in [2.45, 2.75) is 6.42 Å². The van der Waals surface area contributed by atoms with Crippen LogP contribution in [0.5, 0.6) is 0 Å². The molecule has 0 amide bonds. The molecule has 0 heterocycles. The van der Waals surface area contributed by atoms with Crippen LogP contribution in [0.4, 0.5) is 11.4 Å². The summed E-state index contributed by atoms with van der Waals surface area (Å²) in [6, 6.07) is 15.8. The molecular weight excluding hydrogens is 226 g/mol. The minimum absolute atomic E-state index is 0.754. The van der Waals surface area contributed by atoms with Crippen molar-refractivity contribution in [3.63, 3.8) is 0 Å². The third-order valence-corrected chi connectivity index (χ3v) is 2.64. The van der Waals surface area contributed by atoms with E-state index in [-0.39, 0.29) is 0 Å². The van der Waals surface area contributed by atoms with E-state index in [1.807, 2.05) is 48.5 Å². The average Bonchev–Trinajstić information content (AvgIpc) is 2.42. The van der Waals surface area contributed by atoms with E-state index in [2.05, 4.69) is 15.8 Å². The summed E-state index contributed by atoms with van der Waals surface area (Å²) in [5.41, 5.74) is 6.69. The molecular formula is C13H15N5. The van der Waals surface area contributed by atoms with E-state index in [0.29, 0.717) is 0 Å². The van der Waals surface area contributed by atoms with E-state index in [0.717, 1.165) is 17.8 Å². The lowest BCUT2D eigenvalue weighted by Gasteiger charge is -2.04. The second-order valence-corrected chi connectivity index (χ2v) is 3.90. The lowest BCUT2D eigenvalue weighted by Crippen LogP contribution is -2.06. The molecule has 5 heteroatoms. The Balaban J connectivity index is 2.08. The van der Waals surface area contributed by atoms with Crippen LogP contribution in [0, 0.1) is 0 Å². The van der Waals surface area contributed by atoms with Crippen molar-refractivity contribution in [1.29, 1.82) is 0 Å². The lowest BCUT2D eigenvalue weighted by molar-refractivity contribution is 1.06. The van der Waals surface area contributed by atoms with E-state index < -0.39 is 0 Å². The maximum Gasteiger partial charge on any atom is 0.0874 e. The van der Waals surface area contributed by atoms with Gasteiger partial charge >= 0.3 is 0 Å². The minimum Gasteiger partial charge on any atom is -0.324 e. The molecule has 2 aromatic rings. The molecule has 0 spiro atoms. The highest BCUT2D eigenvalue weighted by molar-refractivity contribution is 5.45. The molecule has 0 aromatic heterocycles. The molecule has 0 radical (unpaired) electrons. The van der Waals surface area contributed by atoms with Crippen LogP contribution in [0.3, 0.4) is 0 Å². The second-order valence-electron chi connectivity index (χ2n) is 3.90. The van der Waals surface area contributed by atoms with E-state index in [4.69, 9.17) is 11.7 Å². The smallest absolute Gasteiger partial charge is 0.0874 e. The standard InChI is InChI=1S/C13H15N5/c14-16-12-5-1-10(2-6-12)9-11-3-7-13(8-4-11)17-18-15/h1-8,16H,9,14H2,(H2,15,17). The second kappa shape index (κ2) is 5.79. The Morgan fingerprint density at radius 3 is 1.94 bits per heavy atom. The molecule has 0 bridgehead atoms. The molecule has 0 fully saturated rings. The number of nitrogens with zero attached hydrogens (tertiary/aromatic N) is 2. The Labute approximate surface area is 105 Å². The van der Waals surface area contributed by atoms with Gasteiger partial charge in [0.05, 0.1) is 5.69 Å². The van der Waals surface area contributed by atoms with Gasteiger partial charge in [-0.25, -0.2) is 0 Å². The summed E-state index contributed by atoms with van der Waals surface area (Å²) in [6.07, 6.45) is 0.866. The first-order valence-electron chi connectivity index (χ1n) is 5.57. The van der Waals surface area contributed by atoms with Crippen LogP contribution in [0.15, 0.2) is 58.9 Å². The molecule has 2 rings (SSSR count). The summed E-state index contributed by atoms with van der Waals surface area (Å²) in [5, 5.41) is 7.00. The van der Waals surface area contributed by atoms with Gasteiger partial charge in [0.1, 0.15) is 0 Å². The number of rotatable bonds is 4. The number of nitrogens with two attached hydrogens (primary N) is 2. The molecule has 5 N–H and O–H groups in total. The predicted molar refractivity (Wildman–Crippen MR) is 72.2 cm³/mol. The number of hydrogen-bond acceptors (Lipinski definition) is 4. The number of anilines is 1. The van der Waals surface area contributed by atoms with Crippen molar-refractivity contribution in [3.8, 4) is 0 Å². The topological polar surface area (TPSA) is 88.8 Å². The zero-order valence-electron chi connectivity index (χ0n) is 9.88. The summed E-state index contributed by atoms with van der Waals surface area (Å²) < 4.78 is 0. The molecule has 2 aromatic carbocycles. The van der Waals surface area contributed by atoms with Gasteiger partial charge in [-0.3, -0.25) is 5.84 Å². The van der Waals surface area contributed by atoms with Crippen LogP contribution >= 0.6 is 0 Å². The summed E-state index contributed by atoms with van der Waals surface area (Å²) >= 11 is 0. The highest BCUT2D eigenvalue weighted by Gasteiger charge is 1.97. The van der Waals surface area contributed by atoms with Gasteiger partial charge in [0, 0.05) is 5.69 Å². The van der Waals surface area contributed by atoms with Crippen molar-refractivity contribution >= 4 is 11.4 Å². The van der Waals surface area contributed by atoms with Gasteiger partial charge in [-0.1, -0.05) is 29.5 Å². The fraction of sp³-hybridized carbons (Fsp3) is 0.0769. The van der Waals surface area contributed by atoms with Crippen molar-refractivity contribution in [3.05, 3.63) is 59.7 Å². The van der Waals surface area contributed by atoms with Crippen LogP contribution in [0.2, 0.25) is 0 Å². The van der Waals surface area contributed by atoms with Gasteiger partial charge in [-0.2, -0.15) is 0 Å². The zero-order chi connectivity index (χ0) is 12.8. The summed E-state index contributed by atoms with van der Waals surface area (Å²) in [7, 11) is 0. The fourth-order valence-corrected chi connectivity index (χ4v) is 1.70. The molecule has 0 unspecified atom stereocenters. The Morgan fingerprint density at radius 1 is 0.889 bits per heavy atom. The number of nitrogen functional groups attached to an aromatic ring is 1. The Hall–Kier alpha value is -2.40. The molecule has 0 aliphatic heterocycles. The SMILES string of the molecule is NN=Nc1ccc(Cc2ccc(NN)cc2)cc1. The summed E-state index contributed by atoms with van der Waals surface area (Å²) in [6.45, 7) is 0. The van der Waals surface area contributed by atoms with Gasteiger partial charge in [-0.15, -0.1) is 5.11 Å². The first-order valence-corrected chi connectivity index (χ1v) is 5.57. The van der Waals surface area contributed by atoms with Gasteiger partial charge in [-0.05, 0) is 41.8 Å². The maximum atomic E-state index is 5.32. The van der Waals surface area contributed by atoms with Gasteiger partial charge in [0.25, 0.3) is 0 Å². The Morgan fingerprint density at radius 2 is 1.44 bits per heavy atom. The summed E-state index contributed by atoms with van der Waals surface area (Å²) in [4.78, 5) is 0. The maximum absolute atomic E-state index is 5.32. The van der Waals surface area contributed by atoms with E-state index in [9.17, 15) is 0 Å². The van der Waals surface area contributed by atoms with E-state index in [1.54, 1.807) is 0 Å². The summed E-state index contributed by atoms with van der Waals surface area (Å²) in [5.74, 6) is 10.3. The Bertz CT molecular complexity index is 516. The van der Waals surface area contributed by atoms with Crippen LogP contribution in [-0.4, -0.2) is 0 Å². The molecule has 0 aliphatic rings. The molecule has 0 aliphatic carbocycles. The normalized spacial score (nSPS) is 10.7. The molecule has 0 saturated carbocycles. The van der Waals surface area contributed by atoms with Gasteiger partial charge in [0.2, 0.25) is 0 Å². The monoisotopic (exact) mass is 241 g/mol. The predicted octanol–water partition coefficient (Wildman–Crippen LogP) is 2.52. The van der Waals surface area contributed by atoms with E-state index >= 15 is 0 Å².